The third-order valence-electron chi connectivity index (χ3n) is 0.984. The van der Waals surface area contributed by atoms with Gasteiger partial charge < -0.3 is 0 Å². The molecule has 0 unspecified atom stereocenters. The minimum Gasteiger partial charge on any atom is -0.151 e. The fraction of sp³-hybridized carbons (Fsp3) is 0.429. The molecule has 1 rings (SSSR count). The van der Waals surface area contributed by atoms with Gasteiger partial charge in [0.05, 0.1) is 4.21 Å². The van der Waals surface area contributed by atoms with Gasteiger partial charge in [-0.25, -0.2) is 0 Å². The lowest BCUT2D eigenvalue weighted by atomic mass is 10.7. The topological polar surface area (TPSA) is 0 Å². The minimum atomic E-state index is 1.19. The highest BCUT2D eigenvalue weighted by Gasteiger charge is 1.91. The van der Waals surface area contributed by atoms with E-state index in [9.17, 15) is 0 Å². The molecule has 0 amide bonds. The van der Waals surface area contributed by atoms with E-state index in [2.05, 4.69) is 24.4 Å². The summed E-state index contributed by atoms with van der Waals surface area (Å²) in [6.45, 7) is 2.19. The van der Waals surface area contributed by atoms with Crippen molar-refractivity contribution in [2.45, 2.75) is 11.1 Å². The van der Waals surface area contributed by atoms with Gasteiger partial charge in [0.15, 0.2) is 0 Å². The third-order valence-corrected chi connectivity index (χ3v) is 4.25. The van der Waals surface area contributed by atoms with Gasteiger partial charge in [-0.3, -0.25) is 0 Å². The van der Waals surface area contributed by atoms with E-state index in [1.807, 2.05) is 34.9 Å². The van der Waals surface area contributed by atoms with Crippen LogP contribution >= 0.6 is 34.9 Å². The van der Waals surface area contributed by atoms with Crippen LogP contribution in [0.2, 0.25) is 0 Å². The van der Waals surface area contributed by atoms with Crippen LogP contribution in [0.15, 0.2) is 21.7 Å². The molecule has 0 radical (unpaired) electrons. The molecule has 0 bridgehead atoms. The van der Waals surface area contributed by atoms with E-state index in [1.54, 1.807) is 0 Å². The Morgan fingerprint density at radius 3 is 3.10 bits per heavy atom. The molecule has 1 aromatic heterocycles. The molecule has 0 fully saturated rings. The van der Waals surface area contributed by atoms with Gasteiger partial charge in [-0.2, -0.15) is 11.8 Å². The maximum absolute atomic E-state index is 2.19. The summed E-state index contributed by atoms with van der Waals surface area (Å²) in [5.41, 5.74) is 0. The Bertz CT molecular complexity index is 157. The first kappa shape index (κ1) is 8.50. The normalized spacial score (nSPS) is 10.1. The van der Waals surface area contributed by atoms with Crippen LogP contribution in [0, 0.1) is 0 Å². The molecule has 0 nitrogen and oxygen atoms in total. The smallest absolute Gasteiger partial charge is 0.0606 e. The summed E-state index contributed by atoms with van der Waals surface area (Å²) in [6, 6.07) is 4.27. The van der Waals surface area contributed by atoms with Crippen LogP contribution in [0.5, 0.6) is 0 Å². The van der Waals surface area contributed by atoms with Crippen molar-refractivity contribution in [2.75, 3.05) is 10.8 Å². The lowest BCUT2D eigenvalue weighted by Gasteiger charge is -1.93. The van der Waals surface area contributed by atoms with Crippen molar-refractivity contribution in [1.29, 1.82) is 0 Å². The zero-order chi connectivity index (χ0) is 7.23. The van der Waals surface area contributed by atoms with Crippen LogP contribution in [-0.2, 0) is 0 Å². The van der Waals surface area contributed by atoms with Crippen LogP contribution in [0.1, 0.15) is 6.92 Å². The molecular weight excluding hydrogens is 180 g/mol. The fourth-order valence-corrected chi connectivity index (χ4v) is 3.49. The number of thioether (sulfide) groups is 2. The minimum absolute atomic E-state index is 1.19. The summed E-state index contributed by atoms with van der Waals surface area (Å²) in [5.74, 6) is 1.22. The van der Waals surface area contributed by atoms with E-state index in [0.29, 0.717) is 0 Å². The van der Waals surface area contributed by atoms with Gasteiger partial charge in [-0.1, -0.05) is 13.0 Å². The second-order valence-corrected chi connectivity index (χ2v) is 5.55. The van der Waals surface area contributed by atoms with E-state index in [1.165, 1.54) is 15.0 Å². The zero-order valence-corrected chi connectivity index (χ0v) is 8.32. The van der Waals surface area contributed by atoms with E-state index in [4.69, 9.17) is 0 Å². The van der Waals surface area contributed by atoms with Crippen LogP contribution in [0.4, 0.5) is 0 Å². The Morgan fingerprint density at radius 2 is 2.50 bits per heavy atom. The first-order valence-corrected chi connectivity index (χ1v) is 6.19. The summed E-state index contributed by atoms with van der Waals surface area (Å²) in [7, 11) is 0. The molecule has 3 heteroatoms. The largest absolute Gasteiger partial charge is 0.151 e. The van der Waals surface area contributed by atoms with Crippen LogP contribution in [0.3, 0.4) is 0 Å². The SMILES string of the molecule is CCSCSc1cccs1. The Kier molecular flexibility index (Phi) is 4.34. The van der Waals surface area contributed by atoms with Crippen molar-refractivity contribution >= 4 is 34.9 Å². The molecule has 0 aromatic carbocycles. The lowest BCUT2D eigenvalue weighted by Crippen LogP contribution is -1.68. The maximum atomic E-state index is 2.19. The first-order chi connectivity index (χ1) is 4.93. The Labute approximate surface area is 74.4 Å². The highest BCUT2D eigenvalue weighted by Crippen LogP contribution is 2.26. The van der Waals surface area contributed by atoms with E-state index in [0.717, 1.165) is 0 Å². The van der Waals surface area contributed by atoms with Crippen molar-refractivity contribution < 1.29 is 0 Å². The van der Waals surface area contributed by atoms with Gasteiger partial charge in [-0.15, -0.1) is 23.1 Å². The number of hydrogen-bond acceptors (Lipinski definition) is 3. The predicted molar refractivity (Wildman–Crippen MR) is 53.2 cm³/mol. The molecule has 0 aliphatic heterocycles. The quantitative estimate of drug-likeness (QED) is 0.404. The van der Waals surface area contributed by atoms with Gasteiger partial charge in [0.1, 0.15) is 0 Å². The molecule has 10 heavy (non-hydrogen) atoms. The molecule has 56 valence electrons. The summed E-state index contributed by atoms with van der Waals surface area (Å²) in [4.78, 5) is 0. The molecular formula is C7H10S3. The summed E-state index contributed by atoms with van der Waals surface area (Å²) < 4.78 is 1.43. The number of rotatable bonds is 4. The number of thiophene rings is 1. The molecule has 0 N–H and O–H groups in total. The Balaban J connectivity index is 2.15. The van der Waals surface area contributed by atoms with Crippen molar-refractivity contribution in [3.63, 3.8) is 0 Å². The molecule has 0 spiro atoms. The summed E-state index contributed by atoms with van der Waals surface area (Å²) in [5, 5.41) is 3.32. The van der Waals surface area contributed by atoms with E-state index < -0.39 is 0 Å². The van der Waals surface area contributed by atoms with Gasteiger partial charge in [0.25, 0.3) is 0 Å². The molecule has 0 atom stereocenters. The second-order valence-electron chi connectivity index (χ2n) is 1.69. The molecule has 1 aromatic rings. The van der Waals surface area contributed by atoms with E-state index >= 15 is 0 Å². The van der Waals surface area contributed by atoms with Crippen molar-refractivity contribution in [1.82, 2.24) is 0 Å². The highest BCUT2D eigenvalue weighted by molar-refractivity contribution is 8.16. The standard InChI is InChI=1S/C7H10S3/c1-2-8-6-10-7-4-3-5-9-7/h3-5H,2,6H2,1H3. The summed E-state index contributed by atoms with van der Waals surface area (Å²) in [6.07, 6.45) is 0. The molecule has 1 heterocycles. The fourth-order valence-electron chi connectivity index (χ4n) is 0.529. The Hall–Kier alpha value is 0.400. The van der Waals surface area contributed by atoms with Gasteiger partial charge in [0, 0.05) is 5.08 Å². The molecule has 0 saturated heterocycles. The molecule has 0 saturated carbocycles. The van der Waals surface area contributed by atoms with Gasteiger partial charge in [0.2, 0.25) is 0 Å². The zero-order valence-electron chi connectivity index (χ0n) is 5.87. The average Bonchev–Trinajstić information content (AvgIpc) is 2.41. The van der Waals surface area contributed by atoms with Crippen LogP contribution in [-0.4, -0.2) is 10.8 Å². The number of hydrogen-bond donors (Lipinski definition) is 0. The molecule has 0 aliphatic carbocycles. The van der Waals surface area contributed by atoms with Gasteiger partial charge in [-0.05, 0) is 17.2 Å². The van der Waals surface area contributed by atoms with Crippen molar-refractivity contribution in [3.05, 3.63) is 17.5 Å². The Morgan fingerprint density at radius 1 is 1.60 bits per heavy atom. The maximum Gasteiger partial charge on any atom is 0.0606 e. The predicted octanol–water partition coefficient (Wildman–Crippen LogP) is 3.55. The van der Waals surface area contributed by atoms with Crippen LogP contribution < -0.4 is 0 Å². The second kappa shape index (κ2) is 5.10. The van der Waals surface area contributed by atoms with Crippen molar-refractivity contribution in [3.8, 4) is 0 Å². The average molecular weight is 190 g/mol. The monoisotopic (exact) mass is 190 g/mol. The lowest BCUT2D eigenvalue weighted by molar-refractivity contribution is 1.53. The third kappa shape index (κ3) is 2.99. The summed E-state index contributed by atoms with van der Waals surface area (Å²) >= 11 is 5.73. The first-order valence-electron chi connectivity index (χ1n) is 3.17. The highest BCUT2D eigenvalue weighted by atomic mass is 32.2. The van der Waals surface area contributed by atoms with Crippen molar-refractivity contribution in [2.24, 2.45) is 0 Å². The van der Waals surface area contributed by atoms with E-state index in [-0.39, 0.29) is 0 Å². The van der Waals surface area contributed by atoms with Crippen LogP contribution in [0.25, 0.3) is 0 Å². The van der Waals surface area contributed by atoms with Gasteiger partial charge >= 0.3 is 0 Å². The molecule has 0 aliphatic rings.